The molecule has 0 amide bonds. The smallest absolute Gasteiger partial charge is 0.354 e. The fourth-order valence-electron chi connectivity index (χ4n) is 1.47. The summed E-state index contributed by atoms with van der Waals surface area (Å²) in [5.74, 6) is -0.790. The van der Waals surface area contributed by atoms with Crippen LogP contribution < -0.4 is 11.1 Å². The molecule has 0 unspecified atom stereocenters. The maximum Gasteiger partial charge on any atom is 0.354 e. The van der Waals surface area contributed by atoms with E-state index >= 15 is 0 Å². The molecule has 0 fully saturated rings. The minimum atomic E-state index is -1.09. The number of rotatable bonds is 3. The summed E-state index contributed by atoms with van der Waals surface area (Å²) in [5.41, 5.74) is 7.02. The van der Waals surface area contributed by atoms with Gasteiger partial charge < -0.3 is 16.2 Å². The first-order valence-electron chi connectivity index (χ1n) is 6.00. The van der Waals surface area contributed by atoms with Gasteiger partial charge in [0.25, 0.3) is 0 Å². The fraction of sp³-hybridized carbons (Fsp3) is 0.308. The summed E-state index contributed by atoms with van der Waals surface area (Å²) < 4.78 is 0. The molecule has 2 rings (SSSR count). The van der Waals surface area contributed by atoms with E-state index in [0.29, 0.717) is 16.6 Å². The normalized spacial score (nSPS) is 11.3. The standard InChI is InChI=1S/C13H16N4O2S/c1-13(2,3)9-6-20-12(16-9)17-10-7(14)4-5-8(15-10)11(18)19/h4-6H,14H2,1-3H3,(H,18,19)(H,15,16,17). The van der Waals surface area contributed by atoms with Crippen LogP contribution in [0.15, 0.2) is 17.5 Å². The Morgan fingerprint density at radius 1 is 1.35 bits per heavy atom. The predicted molar refractivity (Wildman–Crippen MR) is 79.7 cm³/mol. The molecule has 2 heterocycles. The average molecular weight is 292 g/mol. The number of carboxylic acid groups (broad SMARTS) is 1. The van der Waals surface area contributed by atoms with Gasteiger partial charge in [-0.05, 0) is 12.1 Å². The molecule has 0 aliphatic rings. The van der Waals surface area contributed by atoms with Gasteiger partial charge >= 0.3 is 5.97 Å². The van der Waals surface area contributed by atoms with Gasteiger partial charge in [-0.15, -0.1) is 11.3 Å². The van der Waals surface area contributed by atoms with Gasteiger partial charge in [0, 0.05) is 10.8 Å². The number of nitrogens with two attached hydrogens (primary N) is 1. The lowest BCUT2D eigenvalue weighted by molar-refractivity contribution is 0.0690. The SMILES string of the molecule is CC(C)(C)c1csc(Nc2nc(C(=O)O)ccc2N)n1. The average Bonchev–Trinajstić information content (AvgIpc) is 2.80. The van der Waals surface area contributed by atoms with E-state index < -0.39 is 5.97 Å². The lowest BCUT2D eigenvalue weighted by Crippen LogP contribution is -2.11. The predicted octanol–water partition coefficient (Wildman–Crippen LogP) is 2.86. The van der Waals surface area contributed by atoms with Gasteiger partial charge in [0.05, 0.1) is 11.4 Å². The maximum atomic E-state index is 10.9. The number of pyridine rings is 1. The molecule has 4 N–H and O–H groups in total. The molecule has 106 valence electrons. The quantitative estimate of drug-likeness (QED) is 0.804. The molecule has 7 heteroatoms. The van der Waals surface area contributed by atoms with Crippen molar-refractivity contribution < 1.29 is 9.90 Å². The van der Waals surface area contributed by atoms with Crippen molar-refractivity contribution in [2.45, 2.75) is 26.2 Å². The van der Waals surface area contributed by atoms with Crippen molar-refractivity contribution in [3.8, 4) is 0 Å². The van der Waals surface area contributed by atoms with Gasteiger partial charge in [-0.2, -0.15) is 0 Å². The number of thiazole rings is 1. The first kappa shape index (κ1) is 14.3. The zero-order valence-corrected chi connectivity index (χ0v) is 12.3. The van der Waals surface area contributed by atoms with E-state index in [-0.39, 0.29) is 11.1 Å². The molecule has 0 radical (unpaired) electrons. The fourth-order valence-corrected chi connectivity index (χ4v) is 2.40. The third-order valence-corrected chi connectivity index (χ3v) is 3.40. The number of nitrogens with zero attached hydrogens (tertiary/aromatic N) is 2. The van der Waals surface area contributed by atoms with E-state index in [0.717, 1.165) is 5.69 Å². The van der Waals surface area contributed by atoms with E-state index in [1.807, 2.05) is 5.38 Å². The summed E-state index contributed by atoms with van der Waals surface area (Å²) in [6, 6.07) is 2.88. The van der Waals surface area contributed by atoms with Crippen LogP contribution in [0.2, 0.25) is 0 Å². The Balaban J connectivity index is 2.28. The van der Waals surface area contributed by atoms with Crippen molar-refractivity contribution in [2.24, 2.45) is 0 Å². The number of hydrogen-bond acceptors (Lipinski definition) is 6. The maximum absolute atomic E-state index is 10.9. The van der Waals surface area contributed by atoms with Crippen LogP contribution in [0.3, 0.4) is 0 Å². The molecular formula is C13H16N4O2S. The summed E-state index contributed by atoms with van der Waals surface area (Å²) in [6.45, 7) is 6.22. The molecule has 2 aromatic rings. The molecule has 0 aliphatic heterocycles. The molecule has 0 aliphatic carbocycles. The lowest BCUT2D eigenvalue weighted by atomic mass is 9.93. The van der Waals surface area contributed by atoms with Gasteiger partial charge in [-0.1, -0.05) is 20.8 Å². The van der Waals surface area contributed by atoms with Crippen molar-refractivity contribution in [2.75, 3.05) is 11.1 Å². The highest BCUT2D eigenvalue weighted by Gasteiger charge is 2.18. The number of anilines is 3. The zero-order chi connectivity index (χ0) is 14.9. The Bertz CT molecular complexity index is 646. The van der Waals surface area contributed by atoms with Crippen LogP contribution in [0.5, 0.6) is 0 Å². The van der Waals surface area contributed by atoms with Crippen LogP contribution in [-0.4, -0.2) is 21.0 Å². The van der Waals surface area contributed by atoms with Crippen LogP contribution in [0, 0.1) is 0 Å². The molecule has 2 aromatic heterocycles. The van der Waals surface area contributed by atoms with Crippen molar-refractivity contribution in [1.29, 1.82) is 0 Å². The Morgan fingerprint density at radius 2 is 2.05 bits per heavy atom. The van der Waals surface area contributed by atoms with Gasteiger partial charge in [-0.25, -0.2) is 14.8 Å². The topological polar surface area (TPSA) is 101 Å². The van der Waals surface area contributed by atoms with Gasteiger partial charge in [-0.3, -0.25) is 0 Å². The Hall–Kier alpha value is -2.15. The molecule has 0 atom stereocenters. The molecule has 0 saturated carbocycles. The van der Waals surface area contributed by atoms with E-state index in [2.05, 4.69) is 36.1 Å². The highest BCUT2D eigenvalue weighted by Crippen LogP contribution is 2.29. The number of hydrogen-bond donors (Lipinski definition) is 3. The Morgan fingerprint density at radius 3 is 2.60 bits per heavy atom. The minimum Gasteiger partial charge on any atom is -0.477 e. The van der Waals surface area contributed by atoms with Gasteiger partial charge in [0.2, 0.25) is 0 Å². The van der Waals surface area contributed by atoms with Crippen LogP contribution in [0.1, 0.15) is 37.0 Å². The minimum absolute atomic E-state index is 0.0433. The van der Waals surface area contributed by atoms with Gasteiger partial charge in [0.1, 0.15) is 0 Å². The molecule has 0 bridgehead atoms. The van der Waals surface area contributed by atoms with Crippen molar-refractivity contribution in [3.05, 3.63) is 28.9 Å². The van der Waals surface area contributed by atoms with Crippen LogP contribution >= 0.6 is 11.3 Å². The number of aromatic nitrogens is 2. The van der Waals surface area contributed by atoms with E-state index in [4.69, 9.17) is 10.8 Å². The molecule has 20 heavy (non-hydrogen) atoms. The zero-order valence-electron chi connectivity index (χ0n) is 11.5. The molecule has 0 saturated heterocycles. The number of aromatic carboxylic acids is 1. The van der Waals surface area contributed by atoms with E-state index in [9.17, 15) is 4.79 Å². The van der Waals surface area contributed by atoms with Crippen LogP contribution in [0.4, 0.5) is 16.6 Å². The summed E-state index contributed by atoms with van der Waals surface area (Å²) in [7, 11) is 0. The summed E-state index contributed by atoms with van der Waals surface area (Å²) >= 11 is 1.43. The van der Waals surface area contributed by atoms with Crippen molar-refractivity contribution in [1.82, 2.24) is 9.97 Å². The summed E-state index contributed by atoms with van der Waals surface area (Å²) in [4.78, 5) is 19.3. The lowest BCUT2D eigenvalue weighted by Gasteiger charge is -2.14. The second-order valence-corrected chi connectivity index (χ2v) is 6.21. The monoisotopic (exact) mass is 292 g/mol. The summed E-state index contributed by atoms with van der Waals surface area (Å²) in [6.07, 6.45) is 0. The first-order valence-corrected chi connectivity index (χ1v) is 6.88. The van der Waals surface area contributed by atoms with E-state index in [1.54, 1.807) is 0 Å². The number of nitrogen functional groups attached to an aromatic ring is 1. The number of carboxylic acids is 1. The van der Waals surface area contributed by atoms with E-state index in [1.165, 1.54) is 23.5 Å². The summed E-state index contributed by atoms with van der Waals surface area (Å²) in [5, 5.41) is 14.5. The molecule has 0 spiro atoms. The van der Waals surface area contributed by atoms with Crippen molar-refractivity contribution >= 4 is 33.9 Å². The molecule has 0 aromatic carbocycles. The third kappa shape index (κ3) is 3.05. The van der Waals surface area contributed by atoms with Crippen molar-refractivity contribution in [3.63, 3.8) is 0 Å². The molecular weight excluding hydrogens is 276 g/mol. The first-order chi connectivity index (χ1) is 9.27. The largest absolute Gasteiger partial charge is 0.477 e. The second kappa shape index (κ2) is 5.09. The van der Waals surface area contributed by atoms with Gasteiger partial charge in [0.15, 0.2) is 16.6 Å². The highest BCUT2D eigenvalue weighted by atomic mass is 32.1. The number of carbonyl (C=O) groups is 1. The Labute approximate surface area is 120 Å². The Kier molecular flexibility index (Phi) is 3.63. The van der Waals surface area contributed by atoms with Crippen LogP contribution in [-0.2, 0) is 5.41 Å². The highest BCUT2D eigenvalue weighted by molar-refractivity contribution is 7.13. The number of nitrogens with one attached hydrogen (secondary N) is 1. The second-order valence-electron chi connectivity index (χ2n) is 5.35. The van der Waals surface area contributed by atoms with Crippen LogP contribution in [0.25, 0.3) is 0 Å². The molecule has 6 nitrogen and oxygen atoms in total. The third-order valence-electron chi connectivity index (χ3n) is 2.64.